The molecule has 3 heteroatoms. The molecule has 1 aliphatic rings. The quantitative estimate of drug-likeness (QED) is 0.807. The highest BCUT2D eigenvalue weighted by Gasteiger charge is 2.24. The molecular formula is C18H27NO2. The number of anilines is 1. The Morgan fingerprint density at radius 3 is 2.48 bits per heavy atom. The van der Waals surface area contributed by atoms with E-state index in [-0.39, 0.29) is 11.8 Å². The fourth-order valence-electron chi connectivity index (χ4n) is 3.21. The largest absolute Gasteiger partial charge is 0.494 e. The Balaban J connectivity index is 2.01. The summed E-state index contributed by atoms with van der Waals surface area (Å²) in [4.78, 5) is 11.6. The number of carbonyl (C=O) groups is 1. The molecule has 116 valence electrons. The van der Waals surface area contributed by atoms with E-state index in [4.69, 9.17) is 4.74 Å². The monoisotopic (exact) mass is 289 g/mol. The summed E-state index contributed by atoms with van der Waals surface area (Å²) in [6.45, 7) is 4.36. The molecule has 0 saturated heterocycles. The molecule has 0 aliphatic heterocycles. The second-order valence-electron chi connectivity index (χ2n) is 6.01. The van der Waals surface area contributed by atoms with Crippen LogP contribution < -0.4 is 10.1 Å². The molecule has 1 aromatic rings. The molecule has 0 bridgehead atoms. The van der Waals surface area contributed by atoms with Crippen molar-refractivity contribution in [3.63, 3.8) is 0 Å². The third-order valence-corrected chi connectivity index (χ3v) is 4.24. The zero-order valence-electron chi connectivity index (χ0n) is 13.2. The number of carbonyl (C=O) groups excluding carboxylic acids is 1. The van der Waals surface area contributed by atoms with Gasteiger partial charge in [-0.15, -0.1) is 0 Å². The number of benzene rings is 1. The maximum absolute atomic E-state index is 11.6. The molecule has 2 rings (SSSR count). The summed E-state index contributed by atoms with van der Waals surface area (Å²) < 4.78 is 5.46. The summed E-state index contributed by atoms with van der Waals surface area (Å²) in [5.41, 5.74) is 1.08. The van der Waals surface area contributed by atoms with Gasteiger partial charge < -0.3 is 10.1 Å². The first-order valence-electron chi connectivity index (χ1n) is 8.18. The maximum Gasteiger partial charge on any atom is 0.131 e. The van der Waals surface area contributed by atoms with E-state index in [1.54, 1.807) is 6.92 Å². The van der Waals surface area contributed by atoms with Crippen molar-refractivity contribution in [1.29, 1.82) is 0 Å². The Labute approximate surface area is 128 Å². The number of ketones is 1. The second kappa shape index (κ2) is 8.06. The van der Waals surface area contributed by atoms with E-state index in [9.17, 15) is 4.79 Å². The average Bonchev–Trinajstić information content (AvgIpc) is 2.49. The topological polar surface area (TPSA) is 38.3 Å². The number of rotatable bonds is 7. The summed E-state index contributed by atoms with van der Waals surface area (Å²) in [5.74, 6) is 1.78. The van der Waals surface area contributed by atoms with Gasteiger partial charge in [-0.2, -0.15) is 0 Å². The summed E-state index contributed by atoms with van der Waals surface area (Å²) in [5, 5.41) is 3.57. The number of hydrogen-bond donors (Lipinski definition) is 1. The third kappa shape index (κ3) is 5.07. The van der Waals surface area contributed by atoms with Crippen molar-refractivity contribution in [2.24, 2.45) is 5.92 Å². The number of nitrogens with one attached hydrogen (secondary N) is 1. The van der Waals surface area contributed by atoms with Gasteiger partial charge in [0.25, 0.3) is 0 Å². The van der Waals surface area contributed by atoms with E-state index >= 15 is 0 Å². The van der Waals surface area contributed by atoms with Gasteiger partial charge in [0, 0.05) is 18.2 Å². The summed E-state index contributed by atoms with van der Waals surface area (Å²) in [6, 6.07) is 8.32. The average molecular weight is 289 g/mol. The lowest BCUT2D eigenvalue weighted by Crippen LogP contribution is -2.32. The molecule has 21 heavy (non-hydrogen) atoms. The first kappa shape index (κ1) is 15.9. The van der Waals surface area contributed by atoms with Crippen LogP contribution in [0, 0.1) is 5.92 Å². The van der Waals surface area contributed by atoms with Crippen LogP contribution in [0.2, 0.25) is 0 Å². The van der Waals surface area contributed by atoms with E-state index in [0.29, 0.717) is 18.9 Å². The van der Waals surface area contributed by atoms with Gasteiger partial charge in [-0.05, 0) is 56.9 Å². The van der Waals surface area contributed by atoms with Crippen LogP contribution in [0.15, 0.2) is 24.3 Å². The lowest BCUT2D eigenvalue weighted by molar-refractivity contribution is -0.117. The van der Waals surface area contributed by atoms with Crippen molar-refractivity contribution >= 4 is 11.5 Å². The van der Waals surface area contributed by atoms with Gasteiger partial charge in [0.05, 0.1) is 6.61 Å². The van der Waals surface area contributed by atoms with Crippen LogP contribution in [0.3, 0.4) is 0 Å². The highest BCUT2D eigenvalue weighted by atomic mass is 16.5. The number of hydrogen-bond acceptors (Lipinski definition) is 3. The number of ether oxygens (including phenoxy) is 1. The summed E-state index contributed by atoms with van der Waals surface area (Å²) in [6.07, 6.45) is 7.03. The van der Waals surface area contributed by atoms with Crippen molar-refractivity contribution in [3.8, 4) is 5.75 Å². The van der Waals surface area contributed by atoms with Crippen molar-refractivity contribution in [1.82, 2.24) is 0 Å². The highest BCUT2D eigenvalue weighted by Crippen LogP contribution is 2.30. The normalized spacial score (nSPS) is 17.2. The molecule has 0 unspecified atom stereocenters. The standard InChI is InChI=1S/C18H27NO2/c1-3-21-17-11-9-16(10-12-17)19-18(13-14(2)20)15-7-5-4-6-8-15/h9-12,15,18-19H,3-8,13H2,1-2H3/t18-/m0/s1. The van der Waals surface area contributed by atoms with Crippen LogP contribution in [-0.4, -0.2) is 18.4 Å². The zero-order valence-corrected chi connectivity index (χ0v) is 13.2. The van der Waals surface area contributed by atoms with E-state index in [0.717, 1.165) is 11.4 Å². The van der Waals surface area contributed by atoms with Gasteiger partial charge in [0.1, 0.15) is 11.5 Å². The van der Waals surface area contributed by atoms with Crippen LogP contribution in [0.5, 0.6) is 5.75 Å². The summed E-state index contributed by atoms with van der Waals surface area (Å²) >= 11 is 0. The van der Waals surface area contributed by atoms with Gasteiger partial charge in [-0.3, -0.25) is 4.79 Å². The van der Waals surface area contributed by atoms with E-state index in [1.165, 1.54) is 32.1 Å². The molecule has 0 spiro atoms. The third-order valence-electron chi connectivity index (χ3n) is 4.24. The lowest BCUT2D eigenvalue weighted by Gasteiger charge is -2.31. The lowest BCUT2D eigenvalue weighted by atomic mass is 9.82. The van der Waals surface area contributed by atoms with Crippen LogP contribution in [0.4, 0.5) is 5.69 Å². The highest BCUT2D eigenvalue weighted by molar-refractivity contribution is 5.76. The minimum Gasteiger partial charge on any atom is -0.494 e. The SMILES string of the molecule is CCOc1ccc(N[C@@H](CC(C)=O)C2CCCCC2)cc1. The fourth-order valence-corrected chi connectivity index (χ4v) is 3.21. The molecule has 1 N–H and O–H groups in total. The molecule has 3 nitrogen and oxygen atoms in total. The van der Waals surface area contributed by atoms with E-state index in [1.807, 2.05) is 31.2 Å². The predicted octanol–water partition coefficient (Wildman–Crippen LogP) is 4.43. The molecule has 1 aromatic carbocycles. The molecule has 0 aromatic heterocycles. The van der Waals surface area contributed by atoms with Crippen LogP contribution in [0.25, 0.3) is 0 Å². The first-order chi connectivity index (χ1) is 10.2. The Morgan fingerprint density at radius 1 is 1.24 bits per heavy atom. The molecule has 0 amide bonds. The predicted molar refractivity (Wildman–Crippen MR) is 86.9 cm³/mol. The Bertz CT molecular complexity index is 435. The zero-order chi connectivity index (χ0) is 15.1. The molecule has 1 aliphatic carbocycles. The number of Topliss-reactive ketones (excluding diaryl/α,β-unsaturated/α-hetero) is 1. The van der Waals surface area contributed by atoms with Gasteiger partial charge in [0.15, 0.2) is 0 Å². The second-order valence-corrected chi connectivity index (χ2v) is 6.01. The van der Waals surface area contributed by atoms with Gasteiger partial charge in [0.2, 0.25) is 0 Å². The maximum atomic E-state index is 11.6. The Kier molecular flexibility index (Phi) is 6.09. The summed E-state index contributed by atoms with van der Waals surface area (Å²) in [7, 11) is 0. The van der Waals surface area contributed by atoms with Crippen LogP contribution in [-0.2, 0) is 4.79 Å². The molecule has 1 fully saturated rings. The minimum absolute atomic E-state index is 0.265. The van der Waals surface area contributed by atoms with Crippen LogP contribution in [0.1, 0.15) is 52.4 Å². The van der Waals surface area contributed by atoms with Crippen molar-refractivity contribution < 1.29 is 9.53 Å². The fraction of sp³-hybridized carbons (Fsp3) is 0.611. The van der Waals surface area contributed by atoms with E-state index in [2.05, 4.69) is 5.32 Å². The van der Waals surface area contributed by atoms with Crippen molar-refractivity contribution in [2.75, 3.05) is 11.9 Å². The van der Waals surface area contributed by atoms with Crippen LogP contribution >= 0.6 is 0 Å². The molecule has 1 atom stereocenters. The van der Waals surface area contributed by atoms with Gasteiger partial charge >= 0.3 is 0 Å². The van der Waals surface area contributed by atoms with Crippen molar-refractivity contribution in [2.45, 2.75) is 58.4 Å². The Hall–Kier alpha value is -1.51. The van der Waals surface area contributed by atoms with E-state index < -0.39 is 0 Å². The molecule has 1 saturated carbocycles. The molecular weight excluding hydrogens is 262 g/mol. The molecule has 0 heterocycles. The first-order valence-corrected chi connectivity index (χ1v) is 8.18. The van der Waals surface area contributed by atoms with Crippen molar-refractivity contribution in [3.05, 3.63) is 24.3 Å². The van der Waals surface area contributed by atoms with Gasteiger partial charge in [-0.25, -0.2) is 0 Å². The van der Waals surface area contributed by atoms with Gasteiger partial charge in [-0.1, -0.05) is 19.3 Å². The minimum atomic E-state index is 0.265. The smallest absolute Gasteiger partial charge is 0.131 e. The Morgan fingerprint density at radius 2 is 1.90 bits per heavy atom. The molecule has 0 radical (unpaired) electrons.